The predicted molar refractivity (Wildman–Crippen MR) is 108 cm³/mol. The van der Waals surface area contributed by atoms with Gasteiger partial charge in [0, 0.05) is 29.6 Å². The molecular weight excluding hydrogens is 340 g/mol. The van der Waals surface area contributed by atoms with Gasteiger partial charge in [-0.1, -0.05) is 18.6 Å². The maximum Gasteiger partial charge on any atom is 0.163 e. The number of hydrogen-bond donors (Lipinski definition) is 0. The highest BCUT2D eigenvalue weighted by molar-refractivity contribution is 7.98. The highest BCUT2D eigenvalue weighted by Gasteiger charge is 2.15. The van der Waals surface area contributed by atoms with Crippen molar-refractivity contribution in [3.8, 4) is 11.4 Å². The van der Waals surface area contributed by atoms with Crippen LogP contribution in [-0.4, -0.2) is 27.2 Å². The Morgan fingerprint density at radius 1 is 0.962 bits per heavy atom. The minimum atomic E-state index is 0.943. The van der Waals surface area contributed by atoms with Crippen molar-refractivity contribution < 1.29 is 0 Å². The Morgan fingerprint density at radius 2 is 1.77 bits per heavy atom. The van der Waals surface area contributed by atoms with E-state index in [0.717, 1.165) is 41.4 Å². The maximum absolute atomic E-state index is 4.58. The zero-order chi connectivity index (χ0) is 17.8. The normalized spacial score (nSPS) is 14.3. The summed E-state index contributed by atoms with van der Waals surface area (Å²) in [5.74, 6) is 2.10. The molecule has 1 aliphatic heterocycles. The van der Waals surface area contributed by atoms with Crippen molar-refractivity contribution in [2.24, 2.45) is 4.99 Å². The number of aryl methyl sites for hydroxylation is 1. The highest BCUT2D eigenvalue weighted by Crippen LogP contribution is 2.24. The standard InChI is InChI=1S/C21H22N4S/c1-26-19-12-6-16(7-13-19)15-22-18-10-8-17(9-11-18)21-24-23-20-5-3-2-4-14-25(20)21/h6-13,15H,2-5,14H2,1H3. The second-order valence-corrected chi connectivity index (χ2v) is 7.36. The first-order valence-electron chi connectivity index (χ1n) is 9.04. The second kappa shape index (κ2) is 7.87. The van der Waals surface area contributed by atoms with Crippen LogP contribution >= 0.6 is 11.8 Å². The van der Waals surface area contributed by atoms with Crippen LogP contribution in [0, 0.1) is 0 Å². The largest absolute Gasteiger partial charge is 0.311 e. The van der Waals surface area contributed by atoms with Crippen LogP contribution in [0.3, 0.4) is 0 Å². The average molecular weight is 363 g/mol. The highest BCUT2D eigenvalue weighted by atomic mass is 32.2. The molecule has 0 amide bonds. The van der Waals surface area contributed by atoms with E-state index in [1.54, 1.807) is 11.8 Å². The van der Waals surface area contributed by atoms with Crippen molar-refractivity contribution in [2.75, 3.05) is 6.26 Å². The first kappa shape index (κ1) is 17.0. The molecule has 0 atom stereocenters. The molecule has 0 fully saturated rings. The molecule has 0 spiro atoms. The van der Waals surface area contributed by atoms with Crippen LogP contribution in [0.4, 0.5) is 5.69 Å². The Balaban J connectivity index is 1.52. The van der Waals surface area contributed by atoms with E-state index in [-0.39, 0.29) is 0 Å². The molecule has 1 aromatic heterocycles. The van der Waals surface area contributed by atoms with Crippen molar-refractivity contribution in [1.29, 1.82) is 0 Å². The topological polar surface area (TPSA) is 43.1 Å². The molecule has 132 valence electrons. The third-order valence-electron chi connectivity index (χ3n) is 4.71. The quantitative estimate of drug-likeness (QED) is 0.476. The van der Waals surface area contributed by atoms with E-state index in [2.05, 4.69) is 62.4 Å². The van der Waals surface area contributed by atoms with E-state index in [9.17, 15) is 0 Å². The van der Waals surface area contributed by atoms with Gasteiger partial charge in [0.15, 0.2) is 5.82 Å². The van der Waals surface area contributed by atoms with Crippen molar-refractivity contribution in [1.82, 2.24) is 14.8 Å². The van der Waals surface area contributed by atoms with Gasteiger partial charge in [0.25, 0.3) is 0 Å². The number of fused-ring (bicyclic) bond motifs is 1. The van der Waals surface area contributed by atoms with Gasteiger partial charge in [0.2, 0.25) is 0 Å². The van der Waals surface area contributed by atoms with Gasteiger partial charge in [0.05, 0.1) is 5.69 Å². The molecule has 2 heterocycles. The number of rotatable bonds is 4. The molecule has 4 nitrogen and oxygen atoms in total. The fraction of sp³-hybridized carbons (Fsp3) is 0.286. The average Bonchev–Trinajstić information content (AvgIpc) is 2.95. The lowest BCUT2D eigenvalue weighted by Crippen LogP contribution is -2.02. The summed E-state index contributed by atoms with van der Waals surface area (Å²) in [6, 6.07) is 16.7. The van der Waals surface area contributed by atoms with Gasteiger partial charge in [-0.25, -0.2) is 0 Å². The molecule has 0 N–H and O–H groups in total. The van der Waals surface area contributed by atoms with Gasteiger partial charge in [-0.3, -0.25) is 4.99 Å². The molecule has 0 saturated carbocycles. The Morgan fingerprint density at radius 3 is 2.54 bits per heavy atom. The van der Waals surface area contributed by atoms with Gasteiger partial charge >= 0.3 is 0 Å². The zero-order valence-electron chi connectivity index (χ0n) is 14.9. The van der Waals surface area contributed by atoms with E-state index in [1.807, 2.05) is 18.3 Å². The fourth-order valence-electron chi connectivity index (χ4n) is 3.23. The van der Waals surface area contributed by atoms with E-state index in [4.69, 9.17) is 0 Å². The third-order valence-corrected chi connectivity index (χ3v) is 5.46. The molecule has 3 aromatic rings. The summed E-state index contributed by atoms with van der Waals surface area (Å²) in [7, 11) is 0. The van der Waals surface area contributed by atoms with Crippen LogP contribution in [0.25, 0.3) is 11.4 Å². The summed E-state index contributed by atoms with van der Waals surface area (Å²) in [5, 5.41) is 8.81. The lowest BCUT2D eigenvalue weighted by molar-refractivity contribution is 0.636. The summed E-state index contributed by atoms with van der Waals surface area (Å²) in [6.07, 6.45) is 8.71. The first-order chi connectivity index (χ1) is 12.8. The van der Waals surface area contributed by atoms with Gasteiger partial charge in [-0.05, 0) is 61.1 Å². The molecule has 0 unspecified atom stereocenters. The van der Waals surface area contributed by atoms with Gasteiger partial charge < -0.3 is 4.57 Å². The van der Waals surface area contributed by atoms with Crippen molar-refractivity contribution in [2.45, 2.75) is 37.1 Å². The van der Waals surface area contributed by atoms with E-state index in [1.165, 1.54) is 24.2 Å². The number of aromatic nitrogens is 3. The zero-order valence-corrected chi connectivity index (χ0v) is 15.7. The van der Waals surface area contributed by atoms with E-state index in [0.29, 0.717) is 0 Å². The number of hydrogen-bond acceptors (Lipinski definition) is 4. The van der Waals surface area contributed by atoms with Crippen LogP contribution in [0.5, 0.6) is 0 Å². The molecule has 0 bridgehead atoms. The van der Waals surface area contributed by atoms with Crippen molar-refractivity contribution >= 4 is 23.7 Å². The minimum absolute atomic E-state index is 0.943. The van der Waals surface area contributed by atoms with Gasteiger partial charge in [0.1, 0.15) is 5.82 Å². The lowest BCUT2D eigenvalue weighted by Gasteiger charge is -2.07. The predicted octanol–water partition coefficient (Wildman–Crippen LogP) is 5.14. The monoisotopic (exact) mass is 362 g/mol. The number of thioether (sulfide) groups is 1. The van der Waals surface area contributed by atoms with E-state index >= 15 is 0 Å². The molecule has 0 aliphatic carbocycles. The SMILES string of the molecule is CSc1ccc(C=Nc2ccc(-c3nnc4n3CCCCC4)cc2)cc1. The summed E-state index contributed by atoms with van der Waals surface area (Å²) in [4.78, 5) is 5.85. The molecule has 4 rings (SSSR count). The Kier molecular flexibility index (Phi) is 5.16. The smallest absolute Gasteiger partial charge is 0.163 e. The molecule has 0 saturated heterocycles. The molecule has 2 aromatic carbocycles. The van der Waals surface area contributed by atoms with Gasteiger partial charge in [-0.15, -0.1) is 22.0 Å². The van der Waals surface area contributed by atoms with Crippen LogP contribution in [0.1, 0.15) is 30.7 Å². The van der Waals surface area contributed by atoms with Crippen LogP contribution in [0.15, 0.2) is 58.4 Å². The number of benzene rings is 2. The summed E-state index contributed by atoms with van der Waals surface area (Å²) in [5.41, 5.74) is 3.15. The van der Waals surface area contributed by atoms with Crippen molar-refractivity contribution in [3.63, 3.8) is 0 Å². The first-order valence-corrected chi connectivity index (χ1v) is 10.3. The Bertz CT molecular complexity index is 895. The number of aliphatic imine (C=N–C) groups is 1. The molecule has 0 radical (unpaired) electrons. The summed E-state index contributed by atoms with van der Waals surface area (Å²) >= 11 is 1.75. The molecular formula is C21H22N4S. The molecule has 5 heteroatoms. The van der Waals surface area contributed by atoms with Crippen LogP contribution in [-0.2, 0) is 13.0 Å². The second-order valence-electron chi connectivity index (χ2n) is 6.48. The van der Waals surface area contributed by atoms with Gasteiger partial charge in [-0.2, -0.15) is 0 Å². The lowest BCUT2D eigenvalue weighted by atomic mass is 10.2. The molecule has 1 aliphatic rings. The maximum atomic E-state index is 4.58. The Hall–Kier alpha value is -2.40. The number of nitrogens with zero attached hydrogens (tertiary/aromatic N) is 4. The third kappa shape index (κ3) is 3.73. The summed E-state index contributed by atoms with van der Waals surface area (Å²) in [6.45, 7) is 1.02. The summed E-state index contributed by atoms with van der Waals surface area (Å²) < 4.78 is 2.28. The molecule has 26 heavy (non-hydrogen) atoms. The van der Waals surface area contributed by atoms with Crippen molar-refractivity contribution in [3.05, 3.63) is 59.9 Å². The fourth-order valence-corrected chi connectivity index (χ4v) is 3.64. The van der Waals surface area contributed by atoms with Crippen LogP contribution < -0.4 is 0 Å². The van der Waals surface area contributed by atoms with Crippen LogP contribution in [0.2, 0.25) is 0 Å². The Labute approximate surface area is 158 Å². The minimum Gasteiger partial charge on any atom is -0.311 e. The van der Waals surface area contributed by atoms with E-state index < -0.39 is 0 Å².